The van der Waals surface area contributed by atoms with Gasteiger partial charge >= 0.3 is 6.61 Å². The van der Waals surface area contributed by atoms with Crippen molar-refractivity contribution in [3.05, 3.63) is 63.8 Å². The Bertz CT molecular complexity index is 1000. The molecule has 0 N–H and O–H groups in total. The van der Waals surface area contributed by atoms with E-state index in [2.05, 4.69) is 25.7 Å². The van der Waals surface area contributed by atoms with Crippen LogP contribution in [-0.4, -0.2) is 21.8 Å². The van der Waals surface area contributed by atoms with Gasteiger partial charge < -0.3 is 9.14 Å². The Balaban J connectivity index is 1.91. The van der Waals surface area contributed by atoms with E-state index in [1.165, 1.54) is 18.3 Å². The quantitative estimate of drug-likeness (QED) is 0.635. The summed E-state index contributed by atoms with van der Waals surface area (Å²) in [5.41, 5.74) is 1.54. The molecule has 25 heavy (non-hydrogen) atoms. The number of rotatable bonds is 3. The fraction of sp³-hybridized carbons (Fsp3) is 0.176. The minimum atomic E-state index is -2.97. The first-order valence-corrected chi connectivity index (χ1v) is 8.19. The third-order valence-electron chi connectivity index (χ3n) is 4.20. The highest BCUT2D eigenvalue weighted by Gasteiger charge is 2.37. The number of nitrogens with zero attached hydrogens (tertiary/aromatic N) is 2. The summed E-state index contributed by atoms with van der Waals surface area (Å²) in [6, 6.07) is 7.56. The Kier molecular flexibility index (Phi) is 3.79. The summed E-state index contributed by atoms with van der Waals surface area (Å²) in [6.07, 6.45) is 1.58. The molecule has 0 saturated carbocycles. The van der Waals surface area contributed by atoms with Crippen LogP contribution in [0.15, 0.2) is 41.0 Å². The number of hydrogen-bond acceptors (Lipinski definition) is 3. The van der Waals surface area contributed by atoms with E-state index in [1.54, 1.807) is 22.6 Å². The Labute approximate surface area is 148 Å². The molecule has 2 aromatic heterocycles. The summed E-state index contributed by atoms with van der Waals surface area (Å²) in [5.74, 6) is -1.20. The summed E-state index contributed by atoms with van der Waals surface area (Å²) in [5, 5.41) is 0. The fourth-order valence-corrected chi connectivity index (χ4v) is 3.52. The van der Waals surface area contributed by atoms with Crippen molar-refractivity contribution in [2.45, 2.75) is 19.0 Å². The van der Waals surface area contributed by atoms with E-state index in [1.807, 2.05) is 0 Å². The number of pyridine rings is 1. The number of alkyl halides is 2. The van der Waals surface area contributed by atoms with Gasteiger partial charge in [-0.2, -0.15) is 8.78 Å². The summed E-state index contributed by atoms with van der Waals surface area (Å²) in [4.78, 5) is 16.6. The lowest BCUT2D eigenvalue weighted by molar-refractivity contribution is -0.0505. The van der Waals surface area contributed by atoms with Gasteiger partial charge in [0.05, 0.1) is 10.2 Å². The highest BCUT2D eigenvalue weighted by Crippen LogP contribution is 2.42. The summed E-state index contributed by atoms with van der Waals surface area (Å²) in [7, 11) is 0. The molecular weight excluding hydrogens is 401 g/mol. The van der Waals surface area contributed by atoms with Crippen LogP contribution in [0.2, 0.25) is 0 Å². The summed E-state index contributed by atoms with van der Waals surface area (Å²) < 4.78 is 45.6. The third kappa shape index (κ3) is 2.60. The number of para-hydroxylation sites is 1. The molecule has 2 heterocycles. The van der Waals surface area contributed by atoms with Crippen molar-refractivity contribution in [1.82, 2.24) is 9.38 Å². The monoisotopic (exact) mass is 410 g/mol. The van der Waals surface area contributed by atoms with Crippen molar-refractivity contribution in [3.63, 3.8) is 0 Å². The van der Waals surface area contributed by atoms with E-state index in [9.17, 15) is 18.0 Å². The maximum Gasteiger partial charge on any atom is 0.387 e. The van der Waals surface area contributed by atoms with Crippen LogP contribution in [0.3, 0.4) is 0 Å². The molecule has 1 atom stereocenters. The molecule has 3 aromatic rings. The number of carbonyl (C=O) groups excluding carboxylic acids is 1. The summed E-state index contributed by atoms with van der Waals surface area (Å²) >= 11 is 3.12. The van der Waals surface area contributed by atoms with Crippen LogP contribution in [0, 0.1) is 5.82 Å². The minimum Gasteiger partial charge on any atom is -0.435 e. The van der Waals surface area contributed by atoms with Crippen LogP contribution < -0.4 is 4.74 Å². The number of halogens is 4. The van der Waals surface area contributed by atoms with Gasteiger partial charge in [0.15, 0.2) is 5.78 Å². The number of imidazole rings is 1. The van der Waals surface area contributed by atoms with Gasteiger partial charge in [0.1, 0.15) is 22.9 Å². The maximum absolute atomic E-state index is 13.7. The highest BCUT2D eigenvalue weighted by molar-refractivity contribution is 9.10. The number of benzene rings is 1. The zero-order valence-corrected chi connectivity index (χ0v) is 14.1. The van der Waals surface area contributed by atoms with E-state index in [0.717, 1.165) is 0 Å². The molecule has 1 unspecified atom stereocenters. The molecule has 0 spiro atoms. The molecule has 1 aliphatic rings. The van der Waals surface area contributed by atoms with Gasteiger partial charge in [0.25, 0.3) is 0 Å². The molecule has 8 heteroatoms. The van der Waals surface area contributed by atoms with Crippen molar-refractivity contribution in [1.29, 1.82) is 0 Å². The molecule has 0 saturated heterocycles. The van der Waals surface area contributed by atoms with E-state index < -0.39 is 18.3 Å². The Morgan fingerprint density at radius 1 is 1.32 bits per heavy atom. The molecule has 0 fully saturated rings. The smallest absolute Gasteiger partial charge is 0.387 e. The van der Waals surface area contributed by atoms with Gasteiger partial charge in [-0.1, -0.05) is 18.2 Å². The molecule has 0 radical (unpaired) electrons. The van der Waals surface area contributed by atoms with Gasteiger partial charge in [-0.3, -0.25) is 4.79 Å². The van der Waals surface area contributed by atoms with Gasteiger partial charge in [-0.25, -0.2) is 9.37 Å². The number of ether oxygens (including phenoxy) is 1. The molecule has 0 amide bonds. The van der Waals surface area contributed by atoms with Crippen molar-refractivity contribution >= 4 is 27.4 Å². The van der Waals surface area contributed by atoms with Crippen molar-refractivity contribution in [2.24, 2.45) is 0 Å². The van der Waals surface area contributed by atoms with Crippen molar-refractivity contribution in [3.8, 4) is 5.75 Å². The second kappa shape index (κ2) is 5.87. The summed E-state index contributed by atoms with van der Waals surface area (Å²) in [6.45, 7) is -2.97. The van der Waals surface area contributed by atoms with Crippen LogP contribution >= 0.6 is 15.9 Å². The van der Waals surface area contributed by atoms with E-state index in [-0.39, 0.29) is 33.8 Å². The zero-order chi connectivity index (χ0) is 17.7. The standard InChI is InChI=1S/C17H10BrF3N2O2/c18-10-7-23-14(6-11(10)19)22-15-12(24)5-9(16(15)23)8-3-1-2-4-13(8)25-17(20)21/h1-4,6-7,9,17H,5H2. The molecule has 1 aromatic carbocycles. The molecule has 0 bridgehead atoms. The predicted octanol–water partition coefficient (Wildman–Crippen LogP) is 4.56. The number of carbonyl (C=O) groups is 1. The van der Waals surface area contributed by atoms with Crippen LogP contribution in [-0.2, 0) is 0 Å². The lowest BCUT2D eigenvalue weighted by Crippen LogP contribution is -2.08. The topological polar surface area (TPSA) is 43.6 Å². The van der Waals surface area contributed by atoms with E-state index in [0.29, 0.717) is 11.3 Å². The SMILES string of the molecule is O=C1CC(c2ccccc2OC(F)F)c2c1nc1cc(F)c(Br)cn21. The zero-order valence-electron chi connectivity index (χ0n) is 12.5. The molecular formula is C17H10BrF3N2O2. The van der Waals surface area contributed by atoms with Crippen LogP contribution in [0.5, 0.6) is 5.75 Å². The number of hydrogen-bond donors (Lipinski definition) is 0. The lowest BCUT2D eigenvalue weighted by atomic mass is 9.95. The molecule has 0 aliphatic heterocycles. The Hall–Kier alpha value is -2.35. The number of fused-ring (bicyclic) bond motifs is 3. The molecule has 1 aliphatic carbocycles. The second-order valence-corrected chi connectivity index (χ2v) is 6.49. The third-order valence-corrected chi connectivity index (χ3v) is 4.78. The van der Waals surface area contributed by atoms with Crippen LogP contribution in [0.25, 0.3) is 5.65 Å². The predicted molar refractivity (Wildman–Crippen MR) is 86.7 cm³/mol. The van der Waals surface area contributed by atoms with Crippen LogP contribution in [0.1, 0.15) is 34.1 Å². The van der Waals surface area contributed by atoms with Gasteiger partial charge in [-0.05, 0) is 22.0 Å². The first-order valence-electron chi connectivity index (χ1n) is 7.39. The first kappa shape index (κ1) is 16.1. The normalized spacial score (nSPS) is 16.7. The Morgan fingerprint density at radius 3 is 2.84 bits per heavy atom. The largest absolute Gasteiger partial charge is 0.435 e. The molecule has 4 nitrogen and oxygen atoms in total. The Morgan fingerprint density at radius 2 is 2.08 bits per heavy atom. The fourth-order valence-electron chi connectivity index (χ4n) is 3.20. The van der Waals surface area contributed by atoms with Gasteiger partial charge in [0, 0.05) is 30.2 Å². The highest BCUT2D eigenvalue weighted by atomic mass is 79.9. The van der Waals surface area contributed by atoms with Crippen molar-refractivity contribution in [2.75, 3.05) is 0 Å². The molecule has 128 valence electrons. The van der Waals surface area contributed by atoms with E-state index in [4.69, 9.17) is 0 Å². The van der Waals surface area contributed by atoms with Crippen molar-refractivity contribution < 1.29 is 22.7 Å². The second-order valence-electron chi connectivity index (χ2n) is 5.64. The maximum atomic E-state index is 13.7. The average Bonchev–Trinajstić information content (AvgIpc) is 3.06. The number of ketones is 1. The first-order chi connectivity index (χ1) is 12.0. The molecule has 4 rings (SSSR count). The number of aromatic nitrogens is 2. The number of Topliss-reactive ketones (excluding diaryl/α,β-unsaturated/α-hetero) is 1. The van der Waals surface area contributed by atoms with E-state index >= 15 is 0 Å². The lowest BCUT2D eigenvalue weighted by Gasteiger charge is -2.16. The average molecular weight is 411 g/mol. The van der Waals surface area contributed by atoms with Gasteiger partial charge in [0.2, 0.25) is 0 Å². The van der Waals surface area contributed by atoms with Gasteiger partial charge in [-0.15, -0.1) is 0 Å². The minimum absolute atomic E-state index is 0.0132. The van der Waals surface area contributed by atoms with Crippen LogP contribution in [0.4, 0.5) is 13.2 Å².